The molecule has 118 valence electrons. The second-order valence-electron chi connectivity index (χ2n) is 5.57. The van der Waals surface area contributed by atoms with Crippen LogP contribution in [0.2, 0.25) is 0 Å². The molecule has 1 aliphatic rings. The first-order valence-electron chi connectivity index (χ1n) is 7.80. The summed E-state index contributed by atoms with van der Waals surface area (Å²) in [4.78, 5) is 19.6. The van der Waals surface area contributed by atoms with Gasteiger partial charge in [-0.25, -0.2) is 9.78 Å². The van der Waals surface area contributed by atoms with E-state index in [1.165, 1.54) is 9.88 Å². The number of rotatable bonds is 5. The van der Waals surface area contributed by atoms with Crippen LogP contribution in [0.25, 0.3) is 0 Å². The SMILES string of the molecule is CCNC(=O)N1CC[C@H](N[C@@H](C)c2sc(CC)nc2C)C1. The number of hydrogen-bond donors (Lipinski definition) is 2. The normalized spacial score (nSPS) is 19.8. The third kappa shape index (κ3) is 3.95. The molecule has 0 saturated carbocycles. The van der Waals surface area contributed by atoms with Gasteiger partial charge in [-0.1, -0.05) is 6.92 Å². The van der Waals surface area contributed by atoms with Crippen LogP contribution in [0.5, 0.6) is 0 Å². The highest BCUT2D eigenvalue weighted by Crippen LogP contribution is 2.26. The highest BCUT2D eigenvalue weighted by molar-refractivity contribution is 7.11. The quantitative estimate of drug-likeness (QED) is 0.878. The summed E-state index contributed by atoms with van der Waals surface area (Å²) in [6.07, 6.45) is 2.01. The van der Waals surface area contributed by atoms with Crippen LogP contribution >= 0.6 is 11.3 Å². The molecule has 1 fully saturated rings. The summed E-state index contributed by atoms with van der Waals surface area (Å²) in [5.41, 5.74) is 1.13. The molecule has 0 radical (unpaired) electrons. The Labute approximate surface area is 131 Å². The standard InChI is InChI=1S/C15H26N4OS/c1-5-13-18-11(4)14(21-13)10(3)17-12-7-8-19(9-12)15(20)16-6-2/h10,12,17H,5-9H2,1-4H3,(H,16,20)/t10-,12-/m0/s1. The zero-order chi connectivity index (χ0) is 15.4. The van der Waals surface area contributed by atoms with Crippen LogP contribution in [0, 0.1) is 6.92 Å². The number of nitrogens with one attached hydrogen (secondary N) is 2. The lowest BCUT2D eigenvalue weighted by Crippen LogP contribution is -2.41. The van der Waals surface area contributed by atoms with E-state index in [0.717, 1.165) is 31.6 Å². The smallest absolute Gasteiger partial charge is 0.317 e. The largest absolute Gasteiger partial charge is 0.338 e. The van der Waals surface area contributed by atoms with E-state index < -0.39 is 0 Å². The summed E-state index contributed by atoms with van der Waals surface area (Å²) in [5.74, 6) is 0. The van der Waals surface area contributed by atoms with Gasteiger partial charge in [0.1, 0.15) is 0 Å². The zero-order valence-electron chi connectivity index (χ0n) is 13.4. The van der Waals surface area contributed by atoms with Gasteiger partial charge in [-0.3, -0.25) is 0 Å². The zero-order valence-corrected chi connectivity index (χ0v) is 14.2. The predicted octanol–water partition coefficient (Wildman–Crippen LogP) is 2.47. The van der Waals surface area contributed by atoms with Crippen molar-refractivity contribution < 1.29 is 4.79 Å². The molecule has 1 aliphatic heterocycles. The summed E-state index contributed by atoms with van der Waals surface area (Å²) in [7, 11) is 0. The van der Waals surface area contributed by atoms with Crippen LogP contribution in [-0.4, -0.2) is 41.6 Å². The van der Waals surface area contributed by atoms with Crippen LogP contribution in [-0.2, 0) is 6.42 Å². The molecule has 0 unspecified atom stereocenters. The lowest BCUT2D eigenvalue weighted by atomic mass is 10.2. The van der Waals surface area contributed by atoms with Crippen LogP contribution in [0.3, 0.4) is 0 Å². The van der Waals surface area contributed by atoms with E-state index in [0.29, 0.717) is 18.6 Å². The van der Waals surface area contributed by atoms with Gasteiger partial charge in [0.25, 0.3) is 0 Å². The van der Waals surface area contributed by atoms with Crippen molar-refractivity contribution >= 4 is 17.4 Å². The van der Waals surface area contributed by atoms with E-state index in [9.17, 15) is 4.79 Å². The molecule has 6 heteroatoms. The van der Waals surface area contributed by atoms with E-state index in [2.05, 4.69) is 36.4 Å². The maximum Gasteiger partial charge on any atom is 0.317 e. The molecule has 5 nitrogen and oxygen atoms in total. The highest BCUT2D eigenvalue weighted by Gasteiger charge is 2.27. The fraction of sp³-hybridized carbons (Fsp3) is 0.733. The minimum absolute atomic E-state index is 0.0525. The topological polar surface area (TPSA) is 57.3 Å². The molecule has 1 saturated heterocycles. The minimum Gasteiger partial charge on any atom is -0.338 e. The molecule has 21 heavy (non-hydrogen) atoms. The molecule has 2 amide bonds. The maximum atomic E-state index is 11.8. The number of aryl methyl sites for hydroxylation is 2. The Kier molecular flexibility index (Phi) is 5.58. The lowest BCUT2D eigenvalue weighted by molar-refractivity contribution is 0.208. The van der Waals surface area contributed by atoms with Gasteiger partial charge in [0.2, 0.25) is 0 Å². The van der Waals surface area contributed by atoms with Crippen molar-refractivity contribution in [1.82, 2.24) is 20.5 Å². The molecular formula is C15H26N4OS. The van der Waals surface area contributed by atoms with Crippen LogP contribution < -0.4 is 10.6 Å². The first-order valence-corrected chi connectivity index (χ1v) is 8.61. The number of likely N-dealkylation sites (tertiary alicyclic amines) is 1. The molecule has 2 heterocycles. The number of urea groups is 1. The van der Waals surface area contributed by atoms with Crippen molar-refractivity contribution in [2.45, 2.75) is 52.6 Å². The van der Waals surface area contributed by atoms with Crippen molar-refractivity contribution in [2.24, 2.45) is 0 Å². The molecule has 2 rings (SSSR count). The predicted molar refractivity (Wildman–Crippen MR) is 86.8 cm³/mol. The van der Waals surface area contributed by atoms with E-state index in [4.69, 9.17) is 0 Å². The lowest BCUT2D eigenvalue weighted by Gasteiger charge is -2.20. The molecule has 1 aromatic rings. The average molecular weight is 310 g/mol. The fourth-order valence-corrected chi connectivity index (χ4v) is 3.81. The molecule has 2 N–H and O–H groups in total. The number of carbonyl (C=O) groups excluding carboxylic acids is 1. The summed E-state index contributed by atoms with van der Waals surface area (Å²) in [6, 6.07) is 0.716. The highest BCUT2D eigenvalue weighted by atomic mass is 32.1. The van der Waals surface area contributed by atoms with Gasteiger partial charge in [-0.2, -0.15) is 0 Å². The molecule has 0 aromatic carbocycles. The van der Waals surface area contributed by atoms with Crippen molar-refractivity contribution in [2.75, 3.05) is 19.6 Å². The number of nitrogens with zero attached hydrogens (tertiary/aromatic N) is 2. The van der Waals surface area contributed by atoms with Crippen LogP contribution in [0.1, 0.15) is 48.8 Å². The van der Waals surface area contributed by atoms with Crippen molar-refractivity contribution in [3.8, 4) is 0 Å². The molecular weight excluding hydrogens is 284 g/mol. The van der Waals surface area contributed by atoms with Gasteiger partial charge in [-0.15, -0.1) is 11.3 Å². The Morgan fingerprint density at radius 1 is 1.52 bits per heavy atom. The minimum atomic E-state index is 0.0525. The number of aromatic nitrogens is 1. The monoisotopic (exact) mass is 310 g/mol. The second kappa shape index (κ2) is 7.22. The average Bonchev–Trinajstić information content (AvgIpc) is 3.05. The van der Waals surface area contributed by atoms with E-state index in [1.807, 2.05) is 11.8 Å². The molecule has 1 aromatic heterocycles. The van der Waals surface area contributed by atoms with Gasteiger partial charge in [0, 0.05) is 36.6 Å². The van der Waals surface area contributed by atoms with Crippen molar-refractivity contribution in [3.63, 3.8) is 0 Å². The second-order valence-corrected chi connectivity index (χ2v) is 6.68. The fourth-order valence-electron chi connectivity index (χ4n) is 2.79. The summed E-state index contributed by atoms with van der Waals surface area (Å²) in [5, 5.41) is 7.71. The van der Waals surface area contributed by atoms with Crippen molar-refractivity contribution in [1.29, 1.82) is 0 Å². The third-order valence-corrected chi connectivity index (χ3v) is 5.35. The Bertz CT molecular complexity index is 488. The number of carbonyl (C=O) groups is 1. The third-order valence-electron chi connectivity index (χ3n) is 3.86. The number of thiazole rings is 1. The van der Waals surface area contributed by atoms with E-state index in [1.54, 1.807) is 11.3 Å². The van der Waals surface area contributed by atoms with Gasteiger partial charge in [-0.05, 0) is 33.6 Å². The van der Waals surface area contributed by atoms with Crippen LogP contribution in [0.4, 0.5) is 4.79 Å². The van der Waals surface area contributed by atoms with Gasteiger partial charge < -0.3 is 15.5 Å². The maximum absolute atomic E-state index is 11.8. The Morgan fingerprint density at radius 3 is 2.90 bits per heavy atom. The Hall–Kier alpha value is -1.14. The Morgan fingerprint density at radius 2 is 2.29 bits per heavy atom. The first kappa shape index (κ1) is 16.2. The van der Waals surface area contributed by atoms with Crippen molar-refractivity contribution in [3.05, 3.63) is 15.6 Å². The summed E-state index contributed by atoms with van der Waals surface area (Å²) < 4.78 is 0. The summed E-state index contributed by atoms with van der Waals surface area (Å²) >= 11 is 1.80. The first-order chi connectivity index (χ1) is 10.0. The van der Waals surface area contributed by atoms with E-state index >= 15 is 0 Å². The molecule has 0 bridgehead atoms. The van der Waals surface area contributed by atoms with E-state index in [-0.39, 0.29) is 6.03 Å². The summed E-state index contributed by atoms with van der Waals surface area (Å²) in [6.45, 7) is 10.7. The van der Waals surface area contributed by atoms with Gasteiger partial charge in [0.05, 0.1) is 10.7 Å². The Balaban J connectivity index is 1.90. The number of amides is 2. The number of hydrogen-bond acceptors (Lipinski definition) is 4. The molecule has 2 atom stereocenters. The van der Waals surface area contributed by atoms with Crippen LogP contribution in [0.15, 0.2) is 0 Å². The molecule has 0 aliphatic carbocycles. The van der Waals surface area contributed by atoms with Gasteiger partial charge >= 0.3 is 6.03 Å². The van der Waals surface area contributed by atoms with Gasteiger partial charge in [0.15, 0.2) is 0 Å². The molecule has 0 spiro atoms.